The van der Waals surface area contributed by atoms with E-state index in [-0.39, 0.29) is 11.4 Å². The highest BCUT2D eigenvalue weighted by molar-refractivity contribution is 6.68. The molecule has 1 aromatic rings. The van der Waals surface area contributed by atoms with E-state index in [1.165, 1.54) is 6.20 Å². The molecule has 0 aromatic carbocycles. The summed E-state index contributed by atoms with van der Waals surface area (Å²) in [5.41, 5.74) is 5.71. The lowest BCUT2D eigenvalue weighted by atomic mass is 10.4. The Kier molecular flexibility index (Phi) is 3.08. The molecule has 70 valence electrons. The summed E-state index contributed by atoms with van der Waals surface area (Å²) in [5, 5.41) is 3.33. The molecule has 2 N–H and O–H groups in total. The van der Waals surface area contributed by atoms with Gasteiger partial charge in [0.25, 0.3) is 5.24 Å². The number of rotatable bonds is 3. The van der Waals surface area contributed by atoms with Gasteiger partial charge in [-0.2, -0.15) is 5.10 Å². The quantitative estimate of drug-likeness (QED) is 0.592. The Hall–Kier alpha value is -1.29. The van der Waals surface area contributed by atoms with Gasteiger partial charge in [0.15, 0.2) is 5.82 Å². The molecule has 1 aromatic heterocycles. The predicted octanol–water partition coefficient (Wildman–Crippen LogP) is 1.42. The summed E-state index contributed by atoms with van der Waals surface area (Å²) in [5.74, 6) is 0.171. The highest BCUT2D eigenvalue weighted by Crippen LogP contribution is 2.11. The topological polar surface area (TPSA) is 60.9 Å². The third-order valence-electron chi connectivity index (χ3n) is 1.53. The van der Waals surface area contributed by atoms with Gasteiger partial charge in [0.2, 0.25) is 0 Å². The Bertz CT molecular complexity index is 343. The maximum Gasteiger partial charge on any atom is 0.257 e. The molecule has 0 amide bonds. The van der Waals surface area contributed by atoms with Crippen LogP contribution in [0.4, 0.5) is 5.82 Å². The van der Waals surface area contributed by atoms with Crippen molar-refractivity contribution in [2.24, 2.45) is 0 Å². The van der Waals surface area contributed by atoms with Gasteiger partial charge in [-0.1, -0.05) is 12.2 Å². The van der Waals surface area contributed by atoms with Gasteiger partial charge in [0.1, 0.15) is 0 Å². The largest absolute Gasteiger partial charge is 0.382 e. The second kappa shape index (κ2) is 4.09. The molecule has 0 unspecified atom stereocenters. The first-order valence-electron chi connectivity index (χ1n) is 3.79. The molecule has 0 aliphatic rings. The number of hydrogen-bond acceptors (Lipinski definition) is 3. The van der Waals surface area contributed by atoms with Gasteiger partial charge in [0.05, 0.1) is 12.1 Å². The summed E-state index contributed by atoms with van der Waals surface area (Å²) in [4.78, 5) is 10.8. The van der Waals surface area contributed by atoms with Gasteiger partial charge in [-0.3, -0.25) is 9.48 Å². The predicted molar refractivity (Wildman–Crippen MR) is 51.6 cm³/mol. The average Bonchev–Trinajstić information content (AvgIpc) is 2.43. The lowest BCUT2D eigenvalue weighted by Crippen LogP contribution is -1.96. The van der Waals surface area contributed by atoms with E-state index in [0.717, 1.165) is 0 Å². The molecule has 0 fully saturated rings. The molecule has 0 aliphatic heterocycles. The number of carbonyl (C=O) groups excluding carboxylic acids is 1. The average molecular weight is 200 g/mol. The van der Waals surface area contributed by atoms with E-state index < -0.39 is 5.24 Å². The molecule has 1 heterocycles. The van der Waals surface area contributed by atoms with Crippen molar-refractivity contribution < 1.29 is 4.79 Å². The Balaban J connectivity index is 2.88. The molecule has 0 radical (unpaired) electrons. The summed E-state index contributed by atoms with van der Waals surface area (Å²) in [6.45, 7) is 2.49. The summed E-state index contributed by atoms with van der Waals surface area (Å²) < 4.78 is 1.56. The standard InChI is InChI=1S/C8H10ClN3O/c1-2-3-4-12-5-6(7(9)13)8(10)11-12/h2-3,5H,4H2,1H3,(H2,10,11). The van der Waals surface area contributed by atoms with Crippen molar-refractivity contribution in [3.63, 3.8) is 0 Å². The van der Waals surface area contributed by atoms with Crippen molar-refractivity contribution in [2.45, 2.75) is 13.5 Å². The second-order valence-electron chi connectivity index (χ2n) is 2.49. The Morgan fingerprint density at radius 1 is 1.85 bits per heavy atom. The number of allylic oxidation sites excluding steroid dienone is 2. The third kappa shape index (κ3) is 2.32. The van der Waals surface area contributed by atoms with Crippen LogP contribution in [-0.4, -0.2) is 15.0 Å². The molecule has 0 spiro atoms. The van der Waals surface area contributed by atoms with Crippen LogP contribution in [0.1, 0.15) is 17.3 Å². The van der Waals surface area contributed by atoms with Gasteiger partial charge in [-0.25, -0.2) is 0 Å². The Morgan fingerprint density at radius 3 is 3.00 bits per heavy atom. The molecular formula is C8H10ClN3O. The number of halogens is 1. The number of hydrogen-bond donors (Lipinski definition) is 1. The fourth-order valence-electron chi connectivity index (χ4n) is 0.895. The molecule has 0 saturated carbocycles. The molecule has 13 heavy (non-hydrogen) atoms. The lowest BCUT2D eigenvalue weighted by molar-refractivity contribution is 0.108. The first-order chi connectivity index (χ1) is 6.15. The van der Waals surface area contributed by atoms with Crippen molar-refractivity contribution in [1.82, 2.24) is 9.78 Å². The molecular weight excluding hydrogens is 190 g/mol. The zero-order chi connectivity index (χ0) is 9.84. The summed E-state index contributed by atoms with van der Waals surface area (Å²) in [6.07, 6.45) is 5.32. The van der Waals surface area contributed by atoms with Crippen molar-refractivity contribution in [1.29, 1.82) is 0 Å². The second-order valence-corrected chi connectivity index (χ2v) is 2.84. The fraction of sp³-hybridized carbons (Fsp3) is 0.250. The Labute approximate surface area is 81.0 Å². The molecule has 4 nitrogen and oxygen atoms in total. The van der Waals surface area contributed by atoms with Gasteiger partial charge in [-0.05, 0) is 18.5 Å². The van der Waals surface area contributed by atoms with Crippen LogP contribution in [0.2, 0.25) is 0 Å². The Morgan fingerprint density at radius 2 is 2.54 bits per heavy atom. The van der Waals surface area contributed by atoms with E-state index in [0.29, 0.717) is 6.54 Å². The summed E-state index contributed by atoms with van der Waals surface area (Å²) in [7, 11) is 0. The monoisotopic (exact) mass is 199 g/mol. The van der Waals surface area contributed by atoms with Gasteiger partial charge in [0, 0.05) is 6.20 Å². The maximum absolute atomic E-state index is 10.8. The molecule has 5 heteroatoms. The number of nitrogen functional groups attached to an aromatic ring is 1. The lowest BCUT2D eigenvalue weighted by Gasteiger charge is -1.91. The molecule has 0 bridgehead atoms. The number of nitrogens with two attached hydrogens (primary N) is 1. The molecule has 0 atom stereocenters. The zero-order valence-corrected chi connectivity index (χ0v) is 7.95. The van der Waals surface area contributed by atoms with Crippen LogP contribution >= 0.6 is 11.6 Å². The summed E-state index contributed by atoms with van der Waals surface area (Å²) in [6, 6.07) is 0. The number of nitrogens with zero attached hydrogens (tertiary/aromatic N) is 2. The van der Waals surface area contributed by atoms with E-state index in [1.54, 1.807) is 4.68 Å². The van der Waals surface area contributed by atoms with E-state index >= 15 is 0 Å². The number of carbonyl (C=O) groups is 1. The summed E-state index contributed by atoms with van der Waals surface area (Å²) >= 11 is 5.27. The van der Waals surface area contributed by atoms with Crippen LogP contribution in [-0.2, 0) is 6.54 Å². The molecule has 0 aliphatic carbocycles. The highest BCUT2D eigenvalue weighted by atomic mass is 35.5. The van der Waals surface area contributed by atoms with Crippen molar-refractivity contribution >= 4 is 22.7 Å². The normalized spacial score (nSPS) is 10.9. The fourth-order valence-corrected chi connectivity index (χ4v) is 1.04. The van der Waals surface area contributed by atoms with Gasteiger partial charge < -0.3 is 5.73 Å². The van der Waals surface area contributed by atoms with E-state index in [9.17, 15) is 4.79 Å². The van der Waals surface area contributed by atoms with Crippen LogP contribution in [0.15, 0.2) is 18.3 Å². The van der Waals surface area contributed by atoms with Gasteiger partial charge >= 0.3 is 0 Å². The van der Waals surface area contributed by atoms with Crippen LogP contribution < -0.4 is 5.73 Å². The first kappa shape index (κ1) is 9.80. The SMILES string of the molecule is CC=CCn1cc(C(=O)Cl)c(N)n1. The highest BCUT2D eigenvalue weighted by Gasteiger charge is 2.10. The number of anilines is 1. The molecule has 1 rings (SSSR count). The van der Waals surface area contributed by atoms with Crippen molar-refractivity contribution in [3.05, 3.63) is 23.9 Å². The minimum absolute atomic E-state index is 0.171. The van der Waals surface area contributed by atoms with Crippen LogP contribution in [0.25, 0.3) is 0 Å². The van der Waals surface area contributed by atoms with E-state index in [4.69, 9.17) is 17.3 Å². The van der Waals surface area contributed by atoms with Crippen molar-refractivity contribution in [2.75, 3.05) is 5.73 Å². The molecule has 0 saturated heterocycles. The van der Waals surface area contributed by atoms with E-state index in [2.05, 4.69) is 5.10 Å². The smallest absolute Gasteiger partial charge is 0.257 e. The number of aromatic nitrogens is 2. The van der Waals surface area contributed by atoms with Crippen LogP contribution in [0.3, 0.4) is 0 Å². The zero-order valence-electron chi connectivity index (χ0n) is 7.20. The third-order valence-corrected chi connectivity index (χ3v) is 1.73. The minimum atomic E-state index is -0.579. The van der Waals surface area contributed by atoms with Gasteiger partial charge in [-0.15, -0.1) is 0 Å². The van der Waals surface area contributed by atoms with E-state index in [1.807, 2.05) is 19.1 Å². The van der Waals surface area contributed by atoms with Crippen LogP contribution in [0, 0.1) is 0 Å². The first-order valence-corrected chi connectivity index (χ1v) is 4.17. The van der Waals surface area contributed by atoms with Crippen LogP contribution in [0.5, 0.6) is 0 Å². The maximum atomic E-state index is 10.8. The minimum Gasteiger partial charge on any atom is -0.382 e. The van der Waals surface area contributed by atoms with Crippen molar-refractivity contribution in [3.8, 4) is 0 Å².